The Labute approximate surface area is 138 Å². The van der Waals surface area contributed by atoms with Gasteiger partial charge in [0.2, 0.25) is 0 Å². The standard InChI is InChI=1S/C15H17Cl2N3S/c1-2-6-18-11-4-3-5-12-14(11)20-15(21-12)13-10(17)7-9(16)8-19-13/h7-8,11,18H,2-6H2,1H3. The molecule has 3 rings (SSSR count). The fourth-order valence-corrected chi connectivity index (χ4v) is 4.31. The number of pyridine rings is 1. The van der Waals surface area contributed by atoms with Gasteiger partial charge in [0.05, 0.1) is 21.8 Å². The summed E-state index contributed by atoms with van der Waals surface area (Å²) in [5.74, 6) is 0. The monoisotopic (exact) mass is 341 g/mol. The first-order chi connectivity index (χ1) is 10.2. The number of halogens is 2. The minimum absolute atomic E-state index is 0.366. The summed E-state index contributed by atoms with van der Waals surface area (Å²) in [7, 11) is 0. The Bertz CT molecular complexity index is 642. The van der Waals surface area contributed by atoms with Gasteiger partial charge in [-0.15, -0.1) is 11.3 Å². The average Bonchev–Trinajstić information content (AvgIpc) is 2.89. The van der Waals surface area contributed by atoms with Crippen molar-refractivity contribution in [3.05, 3.63) is 32.9 Å². The van der Waals surface area contributed by atoms with Crippen molar-refractivity contribution in [3.63, 3.8) is 0 Å². The van der Waals surface area contributed by atoms with E-state index in [-0.39, 0.29) is 0 Å². The molecule has 0 bridgehead atoms. The van der Waals surface area contributed by atoms with Gasteiger partial charge in [-0.2, -0.15) is 0 Å². The number of thiazole rings is 1. The van der Waals surface area contributed by atoms with Crippen molar-refractivity contribution in [2.45, 2.75) is 38.6 Å². The number of hydrogen-bond acceptors (Lipinski definition) is 4. The number of aromatic nitrogens is 2. The SMILES string of the molecule is CCCNC1CCCc2sc(-c3ncc(Cl)cc3Cl)nc21. The van der Waals surface area contributed by atoms with E-state index in [1.54, 1.807) is 23.6 Å². The molecule has 2 heterocycles. The lowest BCUT2D eigenvalue weighted by Crippen LogP contribution is -2.25. The highest BCUT2D eigenvalue weighted by molar-refractivity contribution is 7.15. The predicted octanol–water partition coefficient (Wildman–Crippen LogP) is 4.89. The average molecular weight is 342 g/mol. The third kappa shape index (κ3) is 3.24. The van der Waals surface area contributed by atoms with Gasteiger partial charge in [0.15, 0.2) is 0 Å². The Morgan fingerprint density at radius 2 is 2.29 bits per heavy atom. The number of nitrogens with one attached hydrogen (secondary N) is 1. The van der Waals surface area contributed by atoms with E-state index >= 15 is 0 Å². The molecule has 3 nitrogen and oxygen atoms in total. The van der Waals surface area contributed by atoms with Crippen LogP contribution in [0.3, 0.4) is 0 Å². The number of nitrogens with zero attached hydrogens (tertiary/aromatic N) is 2. The first-order valence-corrected chi connectivity index (χ1v) is 8.80. The summed E-state index contributed by atoms with van der Waals surface area (Å²) >= 11 is 13.9. The van der Waals surface area contributed by atoms with Gasteiger partial charge < -0.3 is 5.32 Å². The molecule has 0 saturated carbocycles. The molecule has 2 aromatic heterocycles. The van der Waals surface area contributed by atoms with Gasteiger partial charge in [-0.3, -0.25) is 4.98 Å². The van der Waals surface area contributed by atoms with Crippen molar-refractivity contribution in [3.8, 4) is 10.7 Å². The molecule has 6 heteroatoms. The first-order valence-electron chi connectivity index (χ1n) is 7.23. The van der Waals surface area contributed by atoms with Crippen LogP contribution in [0.1, 0.15) is 42.8 Å². The van der Waals surface area contributed by atoms with E-state index < -0.39 is 0 Å². The van der Waals surface area contributed by atoms with Crippen LogP contribution in [0.25, 0.3) is 10.7 Å². The lowest BCUT2D eigenvalue weighted by atomic mass is 9.97. The Kier molecular flexibility index (Phi) is 4.79. The van der Waals surface area contributed by atoms with Crippen LogP contribution in [-0.4, -0.2) is 16.5 Å². The normalized spacial score (nSPS) is 17.8. The van der Waals surface area contributed by atoms with Crippen LogP contribution in [-0.2, 0) is 6.42 Å². The summed E-state index contributed by atoms with van der Waals surface area (Å²) in [5.41, 5.74) is 1.91. The summed E-state index contributed by atoms with van der Waals surface area (Å²) < 4.78 is 0. The minimum atomic E-state index is 0.366. The zero-order valence-electron chi connectivity index (χ0n) is 11.8. The second-order valence-corrected chi connectivity index (χ2v) is 7.14. The van der Waals surface area contributed by atoms with Gasteiger partial charge in [-0.1, -0.05) is 30.1 Å². The van der Waals surface area contributed by atoms with E-state index in [1.165, 1.54) is 17.0 Å². The molecule has 2 aromatic rings. The Morgan fingerprint density at radius 3 is 3.05 bits per heavy atom. The molecule has 1 unspecified atom stereocenters. The molecule has 21 heavy (non-hydrogen) atoms. The van der Waals surface area contributed by atoms with Crippen LogP contribution in [0.5, 0.6) is 0 Å². The van der Waals surface area contributed by atoms with Gasteiger partial charge in [0, 0.05) is 11.1 Å². The third-order valence-corrected chi connectivity index (χ3v) is 5.24. The van der Waals surface area contributed by atoms with Gasteiger partial charge >= 0.3 is 0 Å². The smallest absolute Gasteiger partial charge is 0.143 e. The van der Waals surface area contributed by atoms with Crippen LogP contribution in [0.15, 0.2) is 12.3 Å². The zero-order chi connectivity index (χ0) is 14.8. The number of fused-ring (bicyclic) bond motifs is 1. The molecule has 0 radical (unpaired) electrons. The molecule has 112 valence electrons. The lowest BCUT2D eigenvalue weighted by Gasteiger charge is -2.22. The Morgan fingerprint density at radius 1 is 1.43 bits per heavy atom. The number of aryl methyl sites for hydroxylation is 1. The summed E-state index contributed by atoms with van der Waals surface area (Å²) in [6, 6.07) is 2.09. The topological polar surface area (TPSA) is 37.8 Å². The van der Waals surface area contributed by atoms with Crippen LogP contribution < -0.4 is 5.32 Å². The van der Waals surface area contributed by atoms with E-state index in [0.29, 0.717) is 16.1 Å². The zero-order valence-corrected chi connectivity index (χ0v) is 14.2. The molecule has 0 amide bonds. The fourth-order valence-electron chi connectivity index (χ4n) is 2.61. The van der Waals surface area contributed by atoms with Crippen molar-refractivity contribution < 1.29 is 0 Å². The second kappa shape index (κ2) is 6.61. The van der Waals surface area contributed by atoms with Gasteiger partial charge in [-0.05, 0) is 38.3 Å². The molecule has 0 fully saturated rings. The third-order valence-electron chi connectivity index (χ3n) is 3.61. The van der Waals surface area contributed by atoms with E-state index in [1.807, 2.05) is 0 Å². The molecule has 0 aliphatic heterocycles. The quantitative estimate of drug-likeness (QED) is 0.860. The van der Waals surface area contributed by atoms with Crippen LogP contribution >= 0.6 is 34.5 Å². The highest BCUT2D eigenvalue weighted by Crippen LogP contribution is 2.38. The van der Waals surface area contributed by atoms with E-state index in [0.717, 1.165) is 36.5 Å². The van der Waals surface area contributed by atoms with Crippen molar-refractivity contribution in [1.29, 1.82) is 0 Å². The van der Waals surface area contributed by atoms with Gasteiger partial charge in [0.1, 0.15) is 10.7 Å². The molecule has 0 saturated heterocycles. The first kappa shape index (κ1) is 15.2. The highest BCUT2D eigenvalue weighted by atomic mass is 35.5. The molecule has 1 aliphatic rings. The van der Waals surface area contributed by atoms with Gasteiger partial charge in [0.25, 0.3) is 0 Å². The van der Waals surface area contributed by atoms with Crippen molar-refractivity contribution >= 4 is 34.5 Å². The highest BCUT2D eigenvalue weighted by Gasteiger charge is 2.25. The molecule has 0 aromatic carbocycles. The van der Waals surface area contributed by atoms with Crippen LogP contribution in [0.4, 0.5) is 0 Å². The van der Waals surface area contributed by atoms with E-state index in [9.17, 15) is 0 Å². The van der Waals surface area contributed by atoms with Crippen molar-refractivity contribution in [2.75, 3.05) is 6.54 Å². The molecular weight excluding hydrogens is 325 g/mol. The molecule has 0 spiro atoms. The van der Waals surface area contributed by atoms with Crippen LogP contribution in [0, 0.1) is 0 Å². The molecular formula is C15H17Cl2N3S. The van der Waals surface area contributed by atoms with Crippen LogP contribution in [0.2, 0.25) is 10.0 Å². The molecule has 1 atom stereocenters. The summed E-state index contributed by atoms with van der Waals surface area (Å²) in [6.45, 7) is 3.21. The van der Waals surface area contributed by atoms with E-state index in [2.05, 4.69) is 17.2 Å². The lowest BCUT2D eigenvalue weighted by molar-refractivity contribution is 0.454. The maximum absolute atomic E-state index is 6.25. The van der Waals surface area contributed by atoms with Crippen molar-refractivity contribution in [2.24, 2.45) is 0 Å². The summed E-state index contributed by atoms with van der Waals surface area (Å²) in [4.78, 5) is 10.5. The molecule has 1 N–H and O–H groups in total. The minimum Gasteiger partial charge on any atom is -0.309 e. The number of hydrogen-bond donors (Lipinski definition) is 1. The summed E-state index contributed by atoms with van der Waals surface area (Å²) in [5, 5.41) is 5.59. The maximum atomic E-state index is 6.25. The predicted molar refractivity (Wildman–Crippen MR) is 89.3 cm³/mol. The van der Waals surface area contributed by atoms with Gasteiger partial charge in [-0.25, -0.2) is 4.98 Å². The van der Waals surface area contributed by atoms with E-state index in [4.69, 9.17) is 28.2 Å². The van der Waals surface area contributed by atoms with Crippen molar-refractivity contribution in [1.82, 2.24) is 15.3 Å². The summed E-state index contributed by atoms with van der Waals surface area (Å²) in [6.07, 6.45) is 6.21. The fraction of sp³-hybridized carbons (Fsp3) is 0.467. The largest absolute Gasteiger partial charge is 0.309 e. The number of rotatable bonds is 4. The molecule has 1 aliphatic carbocycles. The Balaban J connectivity index is 1.94. The Hall–Kier alpha value is -0.680. The second-order valence-electron chi connectivity index (χ2n) is 5.21. The maximum Gasteiger partial charge on any atom is 0.143 e.